The highest BCUT2D eigenvalue weighted by molar-refractivity contribution is 5.85. The predicted octanol–water partition coefficient (Wildman–Crippen LogP) is 6.36. The third-order valence-electron chi connectivity index (χ3n) is 4.48. The summed E-state index contributed by atoms with van der Waals surface area (Å²) >= 11 is 0. The second-order valence-corrected chi connectivity index (χ2v) is 7.15. The van der Waals surface area contributed by atoms with Gasteiger partial charge in [0.2, 0.25) is 0 Å². The summed E-state index contributed by atoms with van der Waals surface area (Å²) in [6.45, 7) is 4.96. The normalized spacial score (nSPS) is 10.3. The lowest BCUT2D eigenvalue weighted by Gasteiger charge is -2.09. The maximum absolute atomic E-state index is 11.8. The molecular formula is C24H32N2O4. The first-order chi connectivity index (χ1) is 14.6. The fraction of sp³-hybridized carbons (Fsp3) is 0.417. The number of unbranched alkanes of at least 4 members (excludes halogenated alkanes) is 3. The van der Waals surface area contributed by atoms with E-state index in [1.807, 2.05) is 55.5 Å². The number of ether oxygens (including phenoxy) is 2. The zero-order valence-corrected chi connectivity index (χ0v) is 17.9. The topological polar surface area (TPSA) is 76.7 Å². The molecular weight excluding hydrogens is 380 g/mol. The molecule has 0 aliphatic rings. The highest BCUT2D eigenvalue weighted by atomic mass is 16.6. The molecule has 0 aliphatic carbocycles. The van der Waals surface area contributed by atoms with Crippen molar-refractivity contribution in [1.82, 2.24) is 0 Å². The molecule has 0 saturated heterocycles. The number of carbonyl (C=O) groups excluding carboxylic acids is 2. The van der Waals surface area contributed by atoms with E-state index in [0.717, 1.165) is 49.7 Å². The summed E-state index contributed by atoms with van der Waals surface area (Å²) in [6, 6.07) is 15.3. The molecule has 162 valence electrons. The molecule has 2 rings (SSSR count). The predicted molar refractivity (Wildman–Crippen MR) is 120 cm³/mol. The maximum atomic E-state index is 11.8. The minimum absolute atomic E-state index is 0.408. The number of carbonyl (C=O) groups is 2. The molecule has 6 heteroatoms. The van der Waals surface area contributed by atoms with Crippen LogP contribution in [0.2, 0.25) is 0 Å². The molecule has 2 amide bonds. The molecule has 6 nitrogen and oxygen atoms in total. The Morgan fingerprint density at radius 1 is 0.667 bits per heavy atom. The average Bonchev–Trinajstić information content (AvgIpc) is 2.75. The largest absolute Gasteiger partial charge is 0.449 e. The standard InChI is InChI=1S/C24H32N2O4/c1-3-5-6-7-17-30-24(28)26-22-14-10-20(11-15-22)18-19-8-12-21(13-9-19)25-23(27)29-16-4-2/h8-15H,3-7,16-18H2,1-2H3,(H,25,27)(H,26,28). The van der Waals surface area contributed by atoms with Crippen molar-refractivity contribution in [3.63, 3.8) is 0 Å². The second kappa shape index (κ2) is 13.2. The zero-order chi connectivity index (χ0) is 21.6. The van der Waals surface area contributed by atoms with E-state index in [9.17, 15) is 9.59 Å². The average molecular weight is 413 g/mol. The highest BCUT2D eigenvalue weighted by Crippen LogP contribution is 2.16. The monoisotopic (exact) mass is 412 g/mol. The van der Waals surface area contributed by atoms with Gasteiger partial charge in [-0.15, -0.1) is 0 Å². The number of nitrogens with one attached hydrogen (secondary N) is 2. The number of hydrogen-bond acceptors (Lipinski definition) is 4. The van der Waals surface area contributed by atoms with E-state index in [-0.39, 0.29) is 0 Å². The molecule has 2 aromatic rings. The van der Waals surface area contributed by atoms with Crippen molar-refractivity contribution in [2.45, 2.75) is 52.4 Å². The van der Waals surface area contributed by atoms with Gasteiger partial charge in [-0.05, 0) is 54.7 Å². The lowest BCUT2D eigenvalue weighted by molar-refractivity contribution is 0.159. The molecule has 0 unspecified atom stereocenters. The second-order valence-electron chi connectivity index (χ2n) is 7.15. The summed E-state index contributed by atoms with van der Waals surface area (Å²) in [5.74, 6) is 0. The Balaban J connectivity index is 1.77. The molecule has 0 bridgehead atoms. The van der Waals surface area contributed by atoms with Gasteiger partial charge in [-0.3, -0.25) is 10.6 Å². The first-order valence-corrected chi connectivity index (χ1v) is 10.7. The van der Waals surface area contributed by atoms with Crippen molar-refractivity contribution in [2.75, 3.05) is 23.8 Å². The summed E-state index contributed by atoms with van der Waals surface area (Å²) in [6.07, 6.45) is 4.99. The molecule has 2 N–H and O–H groups in total. The van der Waals surface area contributed by atoms with Crippen LogP contribution in [0.4, 0.5) is 21.0 Å². The van der Waals surface area contributed by atoms with E-state index in [4.69, 9.17) is 9.47 Å². The quantitative estimate of drug-likeness (QED) is 0.421. The third kappa shape index (κ3) is 8.99. The Morgan fingerprint density at radius 3 is 1.63 bits per heavy atom. The summed E-state index contributed by atoms with van der Waals surface area (Å²) in [7, 11) is 0. The summed E-state index contributed by atoms with van der Waals surface area (Å²) in [5, 5.41) is 5.46. The lowest BCUT2D eigenvalue weighted by Crippen LogP contribution is -2.14. The Bertz CT molecular complexity index is 773. The van der Waals surface area contributed by atoms with Crippen molar-refractivity contribution in [3.05, 3.63) is 59.7 Å². The Hall–Kier alpha value is -3.02. The van der Waals surface area contributed by atoms with E-state index in [0.29, 0.717) is 24.6 Å². The first kappa shape index (κ1) is 23.3. The van der Waals surface area contributed by atoms with Gasteiger partial charge in [-0.25, -0.2) is 9.59 Å². The van der Waals surface area contributed by atoms with E-state index in [1.165, 1.54) is 0 Å². The molecule has 0 fully saturated rings. The summed E-state index contributed by atoms with van der Waals surface area (Å²) < 4.78 is 10.2. The maximum Gasteiger partial charge on any atom is 0.411 e. The van der Waals surface area contributed by atoms with Crippen LogP contribution in [0.15, 0.2) is 48.5 Å². The van der Waals surface area contributed by atoms with Gasteiger partial charge < -0.3 is 9.47 Å². The van der Waals surface area contributed by atoms with Crippen molar-refractivity contribution in [1.29, 1.82) is 0 Å². The van der Waals surface area contributed by atoms with Gasteiger partial charge in [-0.1, -0.05) is 57.4 Å². The van der Waals surface area contributed by atoms with Gasteiger partial charge >= 0.3 is 12.2 Å². The molecule has 0 heterocycles. The van der Waals surface area contributed by atoms with Crippen molar-refractivity contribution in [2.24, 2.45) is 0 Å². The van der Waals surface area contributed by atoms with Gasteiger partial charge in [-0.2, -0.15) is 0 Å². The molecule has 0 spiro atoms. The van der Waals surface area contributed by atoms with Crippen LogP contribution in [-0.2, 0) is 15.9 Å². The molecule has 0 aromatic heterocycles. The minimum Gasteiger partial charge on any atom is -0.449 e. The number of benzene rings is 2. The van der Waals surface area contributed by atoms with Gasteiger partial charge in [0.1, 0.15) is 0 Å². The third-order valence-corrected chi connectivity index (χ3v) is 4.48. The number of rotatable bonds is 11. The molecule has 0 saturated carbocycles. The van der Waals surface area contributed by atoms with Crippen LogP contribution in [0, 0.1) is 0 Å². The molecule has 0 atom stereocenters. The minimum atomic E-state index is -0.438. The zero-order valence-electron chi connectivity index (χ0n) is 17.9. The van der Waals surface area contributed by atoms with Crippen LogP contribution in [-0.4, -0.2) is 25.4 Å². The van der Waals surface area contributed by atoms with Gasteiger partial charge in [0, 0.05) is 11.4 Å². The Labute approximate surface area is 179 Å². The van der Waals surface area contributed by atoms with Crippen LogP contribution >= 0.6 is 0 Å². The Kier molecular flexibility index (Phi) is 10.3. The molecule has 2 aromatic carbocycles. The fourth-order valence-corrected chi connectivity index (χ4v) is 2.84. The SMILES string of the molecule is CCCCCCOC(=O)Nc1ccc(Cc2ccc(NC(=O)OCCC)cc2)cc1. The number of anilines is 2. The number of amides is 2. The van der Waals surface area contributed by atoms with E-state index in [2.05, 4.69) is 17.6 Å². The van der Waals surface area contributed by atoms with Crippen molar-refractivity contribution < 1.29 is 19.1 Å². The number of hydrogen-bond donors (Lipinski definition) is 2. The lowest BCUT2D eigenvalue weighted by atomic mass is 10.0. The van der Waals surface area contributed by atoms with E-state index >= 15 is 0 Å². The van der Waals surface area contributed by atoms with Crippen LogP contribution < -0.4 is 10.6 Å². The highest BCUT2D eigenvalue weighted by Gasteiger charge is 2.05. The van der Waals surface area contributed by atoms with E-state index < -0.39 is 12.2 Å². The van der Waals surface area contributed by atoms with Crippen LogP contribution in [0.3, 0.4) is 0 Å². The van der Waals surface area contributed by atoms with E-state index in [1.54, 1.807) is 0 Å². The fourth-order valence-electron chi connectivity index (χ4n) is 2.84. The van der Waals surface area contributed by atoms with Crippen LogP contribution in [0.1, 0.15) is 57.1 Å². The first-order valence-electron chi connectivity index (χ1n) is 10.7. The molecule has 0 aliphatic heterocycles. The Morgan fingerprint density at radius 2 is 1.17 bits per heavy atom. The van der Waals surface area contributed by atoms with Crippen molar-refractivity contribution in [3.8, 4) is 0 Å². The van der Waals surface area contributed by atoms with Gasteiger partial charge in [0.15, 0.2) is 0 Å². The van der Waals surface area contributed by atoms with Crippen molar-refractivity contribution >= 4 is 23.6 Å². The molecule has 0 radical (unpaired) electrons. The summed E-state index contributed by atoms with van der Waals surface area (Å²) in [5.41, 5.74) is 3.65. The van der Waals surface area contributed by atoms with Crippen LogP contribution in [0.5, 0.6) is 0 Å². The van der Waals surface area contributed by atoms with Crippen LogP contribution in [0.25, 0.3) is 0 Å². The van der Waals surface area contributed by atoms with Gasteiger partial charge in [0.25, 0.3) is 0 Å². The smallest absolute Gasteiger partial charge is 0.411 e. The molecule has 30 heavy (non-hydrogen) atoms. The summed E-state index contributed by atoms with van der Waals surface area (Å²) in [4.78, 5) is 23.4. The van der Waals surface area contributed by atoms with Gasteiger partial charge in [0.05, 0.1) is 13.2 Å².